The van der Waals surface area contributed by atoms with E-state index in [0.29, 0.717) is 24.6 Å². The maximum Gasteiger partial charge on any atom is 0.191 e. The second-order valence-corrected chi connectivity index (χ2v) is 9.17. The number of nitrogens with one attached hydrogen (secondary N) is 2. The van der Waals surface area contributed by atoms with Gasteiger partial charge >= 0.3 is 0 Å². The van der Waals surface area contributed by atoms with Gasteiger partial charge in [-0.25, -0.2) is 13.4 Å². The molecule has 0 amide bonds. The Bertz CT molecular complexity index is 956. The molecule has 8 nitrogen and oxygen atoms in total. The number of benzene rings is 1. The summed E-state index contributed by atoms with van der Waals surface area (Å²) in [5.74, 6) is 0.744. The molecule has 2 aromatic rings. The van der Waals surface area contributed by atoms with Crippen molar-refractivity contribution >= 4 is 39.8 Å². The second kappa shape index (κ2) is 13.0. The number of sulfone groups is 1. The van der Waals surface area contributed by atoms with E-state index in [0.717, 1.165) is 48.0 Å². The number of aryl methyl sites for hydroxylation is 1. The third-order valence-corrected chi connectivity index (χ3v) is 5.96. The number of rotatable bonds is 10. The Balaban J connectivity index is 0.00000480. The Hall–Kier alpha value is -1.66. The molecule has 1 aromatic heterocycles. The molecule has 1 heterocycles. The van der Waals surface area contributed by atoms with E-state index in [1.54, 1.807) is 19.2 Å². The maximum absolute atomic E-state index is 11.6. The quantitative estimate of drug-likeness (QED) is 0.262. The molecule has 0 saturated carbocycles. The summed E-state index contributed by atoms with van der Waals surface area (Å²) >= 11 is 0. The molecule has 2 rings (SSSR count). The van der Waals surface area contributed by atoms with Gasteiger partial charge in [0.15, 0.2) is 15.8 Å². The lowest BCUT2D eigenvalue weighted by Crippen LogP contribution is -2.38. The molecule has 0 atom stereocenters. The smallest absolute Gasteiger partial charge is 0.191 e. The number of aliphatic imine (C=N–C) groups is 1. The number of halogens is 1. The van der Waals surface area contributed by atoms with Crippen LogP contribution in [0.5, 0.6) is 0 Å². The highest BCUT2D eigenvalue weighted by Crippen LogP contribution is 2.14. The van der Waals surface area contributed by atoms with Crippen molar-refractivity contribution in [1.29, 1.82) is 0 Å². The van der Waals surface area contributed by atoms with Gasteiger partial charge < -0.3 is 15.4 Å². The zero-order valence-corrected chi connectivity index (χ0v) is 22.1. The number of hydrogen-bond donors (Lipinski definition) is 2. The minimum absolute atomic E-state index is 0. The fraction of sp³-hybridized carbons (Fsp3) is 0.524. The normalized spacial score (nSPS) is 11.8. The predicted molar refractivity (Wildman–Crippen MR) is 135 cm³/mol. The molecule has 1 aromatic carbocycles. The fourth-order valence-electron chi connectivity index (χ4n) is 3.09. The SMILES string of the molecule is CCNC(=NCc1c(C)nn(CCOC)c1C)NCCc1ccc(S(C)(=O)=O)cc1.I. The highest BCUT2D eigenvalue weighted by molar-refractivity contribution is 14.0. The van der Waals surface area contributed by atoms with Crippen molar-refractivity contribution in [3.63, 3.8) is 0 Å². The lowest BCUT2D eigenvalue weighted by atomic mass is 10.1. The molecular weight excluding hydrogens is 529 g/mol. The van der Waals surface area contributed by atoms with Gasteiger partial charge in [-0.2, -0.15) is 5.10 Å². The van der Waals surface area contributed by atoms with E-state index in [9.17, 15) is 8.42 Å². The van der Waals surface area contributed by atoms with Gasteiger partial charge in [0.1, 0.15) is 0 Å². The number of hydrogen-bond acceptors (Lipinski definition) is 5. The van der Waals surface area contributed by atoms with Gasteiger partial charge in [-0.3, -0.25) is 4.68 Å². The van der Waals surface area contributed by atoms with Crippen molar-refractivity contribution < 1.29 is 13.2 Å². The maximum atomic E-state index is 11.6. The van der Waals surface area contributed by atoms with Crippen molar-refractivity contribution in [3.8, 4) is 0 Å². The molecule has 2 N–H and O–H groups in total. The van der Waals surface area contributed by atoms with E-state index < -0.39 is 9.84 Å². The van der Waals surface area contributed by atoms with E-state index >= 15 is 0 Å². The predicted octanol–water partition coefficient (Wildman–Crippen LogP) is 2.47. The molecule has 0 spiro atoms. The minimum atomic E-state index is -3.16. The van der Waals surface area contributed by atoms with E-state index in [1.165, 1.54) is 6.26 Å². The number of nitrogens with zero attached hydrogens (tertiary/aromatic N) is 3. The number of guanidine groups is 1. The number of aromatic nitrogens is 2. The third kappa shape index (κ3) is 8.41. The molecule has 174 valence electrons. The van der Waals surface area contributed by atoms with Gasteiger partial charge in [0.25, 0.3) is 0 Å². The Morgan fingerprint density at radius 1 is 1.19 bits per heavy atom. The third-order valence-electron chi connectivity index (χ3n) is 4.84. The lowest BCUT2D eigenvalue weighted by molar-refractivity contribution is 0.182. The molecule has 0 aliphatic heterocycles. The van der Waals surface area contributed by atoms with E-state index in [1.807, 2.05) is 30.7 Å². The van der Waals surface area contributed by atoms with Gasteiger partial charge in [-0.15, -0.1) is 24.0 Å². The average Bonchev–Trinajstić information content (AvgIpc) is 2.97. The summed E-state index contributed by atoms with van der Waals surface area (Å²) in [6.45, 7) is 9.44. The van der Waals surface area contributed by atoms with Crippen molar-refractivity contribution in [3.05, 3.63) is 46.8 Å². The molecule has 31 heavy (non-hydrogen) atoms. The monoisotopic (exact) mass is 563 g/mol. The Kier molecular flexibility index (Phi) is 11.5. The van der Waals surface area contributed by atoms with Crippen LogP contribution < -0.4 is 10.6 Å². The van der Waals surface area contributed by atoms with Crippen molar-refractivity contribution in [2.45, 2.75) is 45.2 Å². The summed E-state index contributed by atoms with van der Waals surface area (Å²) in [5.41, 5.74) is 4.28. The number of ether oxygens (including phenoxy) is 1. The zero-order valence-electron chi connectivity index (χ0n) is 18.9. The van der Waals surface area contributed by atoms with Crippen LogP contribution in [0.4, 0.5) is 0 Å². The van der Waals surface area contributed by atoms with Gasteiger partial charge in [0.2, 0.25) is 0 Å². The van der Waals surface area contributed by atoms with E-state index in [4.69, 9.17) is 9.73 Å². The Morgan fingerprint density at radius 2 is 1.87 bits per heavy atom. The van der Waals surface area contributed by atoms with Gasteiger partial charge in [0, 0.05) is 37.7 Å². The molecule has 10 heteroatoms. The largest absolute Gasteiger partial charge is 0.383 e. The van der Waals surface area contributed by atoms with Crippen LogP contribution in [0.3, 0.4) is 0 Å². The van der Waals surface area contributed by atoms with Crippen molar-refractivity contribution in [2.75, 3.05) is 33.1 Å². The fourth-order valence-corrected chi connectivity index (χ4v) is 3.72. The molecule has 0 saturated heterocycles. The van der Waals surface area contributed by atoms with Crippen LogP contribution in [0, 0.1) is 13.8 Å². The Labute approximate surface area is 202 Å². The van der Waals surface area contributed by atoms with Crippen LogP contribution in [0.15, 0.2) is 34.2 Å². The van der Waals surface area contributed by atoms with Crippen LogP contribution in [0.1, 0.15) is 29.4 Å². The first-order valence-corrected chi connectivity index (χ1v) is 12.0. The summed E-state index contributed by atoms with van der Waals surface area (Å²) in [6.07, 6.45) is 1.98. The van der Waals surface area contributed by atoms with Crippen LogP contribution >= 0.6 is 24.0 Å². The molecular formula is C21H34IN5O3S. The topological polar surface area (TPSA) is 97.6 Å². The van der Waals surface area contributed by atoms with E-state index in [-0.39, 0.29) is 24.0 Å². The van der Waals surface area contributed by atoms with Crippen molar-refractivity contribution in [1.82, 2.24) is 20.4 Å². The summed E-state index contributed by atoms with van der Waals surface area (Å²) in [7, 11) is -1.48. The van der Waals surface area contributed by atoms with E-state index in [2.05, 4.69) is 22.7 Å². The van der Waals surface area contributed by atoms with Gasteiger partial charge in [0.05, 0.1) is 30.3 Å². The van der Waals surface area contributed by atoms with Crippen LogP contribution in [0.2, 0.25) is 0 Å². The first-order chi connectivity index (χ1) is 14.3. The van der Waals surface area contributed by atoms with Crippen LogP contribution in [0.25, 0.3) is 0 Å². The van der Waals surface area contributed by atoms with Crippen LogP contribution in [-0.2, 0) is 34.1 Å². The standard InChI is InChI=1S/C21H33N5O3S.HI/c1-6-22-21(23-12-11-18-7-9-19(10-8-18)30(5,27)28)24-15-20-16(2)25-26(17(20)3)13-14-29-4;/h7-10H,6,11-15H2,1-5H3,(H2,22,23,24);1H. The average molecular weight is 564 g/mol. The second-order valence-electron chi connectivity index (χ2n) is 7.15. The summed E-state index contributed by atoms with van der Waals surface area (Å²) in [4.78, 5) is 5.05. The first kappa shape index (κ1) is 27.4. The Morgan fingerprint density at radius 3 is 2.45 bits per heavy atom. The van der Waals surface area contributed by atoms with Gasteiger partial charge in [-0.1, -0.05) is 12.1 Å². The number of methoxy groups -OCH3 is 1. The summed E-state index contributed by atoms with van der Waals surface area (Å²) in [5, 5.41) is 11.2. The molecule has 0 unspecified atom stereocenters. The zero-order chi connectivity index (χ0) is 22.1. The van der Waals surface area contributed by atoms with Crippen LogP contribution in [-0.4, -0.2) is 57.2 Å². The summed E-state index contributed by atoms with van der Waals surface area (Å²) in [6, 6.07) is 7.00. The highest BCUT2D eigenvalue weighted by Gasteiger charge is 2.11. The molecule has 0 bridgehead atoms. The highest BCUT2D eigenvalue weighted by atomic mass is 127. The minimum Gasteiger partial charge on any atom is -0.383 e. The lowest BCUT2D eigenvalue weighted by Gasteiger charge is -2.12. The molecule has 0 fully saturated rings. The van der Waals surface area contributed by atoms with Crippen molar-refractivity contribution in [2.24, 2.45) is 4.99 Å². The molecule has 0 radical (unpaired) electrons. The first-order valence-electron chi connectivity index (χ1n) is 10.1. The summed E-state index contributed by atoms with van der Waals surface area (Å²) < 4.78 is 30.2. The van der Waals surface area contributed by atoms with Gasteiger partial charge in [-0.05, 0) is 44.9 Å². The molecule has 0 aliphatic rings. The molecule has 0 aliphatic carbocycles.